The van der Waals surface area contributed by atoms with Gasteiger partial charge in [-0.2, -0.15) is 13.2 Å². The van der Waals surface area contributed by atoms with Crippen LogP contribution in [0.5, 0.6) is 0 Å². The number of carbonyl (C=O) groups is 2. The molecule has 1 aromatic rings. The minimum atomic E-state index is -5.08. The molecule has 0 unspecified atom stereocenters. The largest absolute Gasteiger partial charge is 0.490 e. The van der Waals surface area contributed by atoms with E-state index in [4.69, 9.17) is 9.90 Å². The van der Waals surface area contributed by atoms with Crippen LogP contribution in [-0.2, 0) is 9.59 Å². The third-order valence-corrected chi connectivity index (χ3v) is 6.03. The molecule has 0 atom stereocenters. The number of carboxylic acids is 1. The minimum absolute atomic E-state index is 0.280. The smallest absolute Gasteiger partial charge is 0.475 e. The summed E-state index contributed by atoms with van der Waals surface area (Å²) in [6.07, 6.45) is 6.73. The quantitative estimate of drug-likeness (QED) is 0.791. The van der Waals surface area contributed by atoms with Crippen molar-refractivity contribution in [2.75, 3.05) is 32.1 Å². The molecular formula is C20H29F3N4O3. The molecule has 1 spiro atoms. The van der Waals surface area contributed by atoms with Crippen LogP contribution in [0.2, 0.25) is 0 Å². The van der Waals surface area contributed by atoms with E-state index in [1.165, 1.54) is 38.5 Å². The zero-order valence-electron chi connectivity index (χ0n) is 17.4. The van der Waals surface area contributed by atoms with Gasteiger partial charge in [-0.05, 0) is 55.9 Å². The third kappa shape index (κ3) is 6.84. The number of alkyl halides is 3. The standard InChI is InChI=1S/C18H28N4O.C2HF3O2/c1-21(2)16(23)14-15-4-6-18(7-5-15)8-12-22(13-9-18)17-19-10-3-11-20-17;3-2(4,5)1(6)7/h3,10-11,15H,4-9,12-14H2,1-2H3;(H,6,7). The summed E-state index contributed by atoms with van der Waals surface area (Å²) in [4.78, 5) is 33.6. The van der Waals surface area contributed by atoms with E-state index in [9.17, 15) is 18.0 Å². The van der Waals surface area contributed by atoms with Crippen molar-refractivity contribution in [3.05, 3.63) is 18.5 Å². The van der Waals surface area contributed by atoms with Gasteiger partial charge in [0.05, 0.1) is 0 Å². The fourth-order valence-electron chi connectivity index (χ4n) is 4.06. The number of hydrogen-bond donors (Lipinski definition) is 1. The van der Waals surface area contributed by atoms with Crippen molar-refractivity contribution < 1.29 is 27.9 Å². The van der Waals surface area contributed by atoms with Gasteiger partial charge in [-0.3, -0.25) is 4.79 Å². The summed E-state index contributed by atoms with van der Waals surface area (Å²) >= 11 is 0. The molecule has 30 heavy (non-hydrogen) atoms. The van der Waals surface area contributed by atoms with Gasteiger partial charge in [0.2, 0.25) is 11.9 Å². The number of carbonyl (C=O) groups excluding carboxylic acids is 1. The predicted molar refractivity (Wildman–Crippen MR) is 105 cm³/mol. The molecule has 7 nitrogen and oxygen atoms in total. The molecule has 10 heteroatoms. The molecule has 2 fully saturated rings. The number of piperidine rings is 1. The molecule has 2 heterocycles. The second kappa shape index (κ2) is 10.1. The fourth-order valence-corrected chi connectivity index (χ4v) is 4.06. The third-order valence-electron chi connectivity index (χ3n) is 6.03. The number of rotatable bonds is 3. The lowest BCUT2D eigenvalue weighted by Crippen LogP contribution is -2.42. The number of nitrogens with zero attached hydrogens (tertiary/aromatic N) is 4. The Morgan fingerprint density at radius 1 is 1.13 bits per heavy atom. The van der Waals surface area contributed by atoms with Crippen molar-refractivity contribution in [2.24, 2.45) is 11.3 Å². The van der Waals surface area contributed by atoms with E-state index in [0.717, 1.165) is 25.5 Å². The summed E-state index contributed by atoms with van der Waals surface area (Å²) in [6.45, 7) is 2.12. The molecule has 0 bridgehead atoms. The second-order valence-electron chi connectivity index (χ2n) is 8.27. The molecule has 1 aromatic heterocycles. The van der Waals surface area contributed by atoms with Crippen LogP contribution in [-0.4, -0.2) is 65.2 Å². The lowest BCUT2D eigenvalue weighted by atomic mass is 9.65. The Kier molecular flexibility index (Phi) is 8.03. The van der Waals surface area contributed by atoms with Crippen LogP contribution in [0.3, 0.4) is 0 Å². The Morgan fingerprint density at radius 2 is 1.63 bits per heavy atom. The first-order valence-electron chi connectivity index (χ1n) is 10.0. The normalized spacial score (nSPS) is 19.0. The van der Waals surface area contributed by atoms with Crippen LogP contribution in [0.25, 0.3) is 0 Å². The van der Waals surface area contributed by atoms with Gasteiger partial charge in [0.1, 0.15) is 0 Å². The summed E-state index contributed by atoms with van der Waals surface area (Å²) < 4.78 is 31.7. The van der Waals surface area contributed by atoms with E-state index < -0.39 is 12.1 Å². The van der Waals surface area contributed by atoms with Gasteiger partial charge in [-0.25, -0.2) is 14.8 Å². The van der Waals surface area contributed by atoms with E-state index >= 15 is 0 Å². The monoisotopic (exact) mass is 430 g/mol. The average molecular weight is 430 g/mol. The molecule has 1 aliphatic heterocycles. The predicted octanol–water partition coefficient (Wildman–Crippen LogP) is 3.37. The Balaban J connectivity index is 0.000000396. The van der Waals surface area contributed by atoms with Gasteiger partial charge >= 0.3 is 12.1 Å². The highest BCUT2D eigenvalue weighted by Gasteiger charge is 2.39. The molecule has 1 saturated carbocycles. The highest BCUT2D eigenvalue weighted by Crippen LogP contribution is 2.47. The van der Waals surface area contributed by atoms with Crippen LogP contribution < -0.4 is 4.90 Å². The SMILES string of the molecule is CN(C)C(=O)CC1CCC2(CC1)CCN(c1ncccn1)CC2.O=C(O)C(F)(F)F. The first-order valence-corrected chi connectivity index (χ1v) is 10.0. The van der Waals surface area contributed by atoms with Gasteiger partial charge in [-0.1, -0.05) is 0 Å². The van der Waals surface area contributed by atoms with E-state index in [0.29, 0.717) is 11.3 Å². The van der Waals surface area contributed by atoms with Crippen molar-refractivity contribution in [3.63, 3.8) is 0 Å². The number of anilines is 1. The highest BCUT2D eigenvalue weighted by atomic mass is 19.4. The lowest BCUT2D eigenvalue weighted by molar-refractivity contribution is -0.192. The van der Waals surface area contributed by atoms with E-state index in [-0.39, 0.29) is 5.91 Å². The number of hydrogen-bond acceptors (Lipinski definition) is 5. The Hall–Kier alpha value is -2.39. The maximum Gasteiger partial charge on any atom is 0.490 e. The van der Waals surface area contributed by atoms with Crippen molar-refractivity contribution in [2.45, 2.75) is 51.1 Å². The van der Waals surface area contributed by atoms with Gasteiger partial charge in [0.25, 0.3) is 0 Å². The zero-order valence-corrected chi connectivity index (χ0v) is 17.4. The molecule has 0 radical (unpaired) electrons. The molecule has 1 N–H and O–H groups in total. The number of carboxylic acid groups (broad SMARTS) is 1. The molecule has 1 saturated heterocycles. The van der Waals surface area contributed by atoms with Gasteiger partial charge in [-0.15, -0.1) is 0 Å². The summed E-state index contributed by atoms with van der Waals surface area (Å²) in [7, 11) is 3.71. The van der Waals surface area contributed by atoms with Crippen LogP contribution in [0.1, 0.15) is 44.9 Å². The summed E-state index contributed by atoms with van der Waals surface area (Å²) in [5.41, 5.74) is 0.503. The lowest BCUT2D eigenvalue weighted by Gasteiger charge is -2.46. The molecular weight excluding hydrogens is 401 g/mol. The number of aliphatic carboxylic acids is 1. The molecule has 1 amide bonds. The van der Waals surface area contributed by atoms with E-state index in [1.54, 1.807) is 4.90 Å². The van der Waals surface area contributed by atoms with E-state index in [1.807, 2.05) is 32.6 Å². The van der Waals surface area contributed by atoms with Gasteiger partial charge in [0, 0.05) is 46.0 Å². The number of aromatic nitrogens is 2. The van der Waals surface area contributed by atoms with Crippen LogP contribution in [0.4, 0.5) is 19.1 Å². The maximum absolute atomic E-state index is 11.9. The Morgan fingerprint density at radius 3 is 2.07 bits per heavy atom. The maximum atomic E-state index is 11.9. The van der Waals surface area contributed by atoms with Crippen LogP contribution in [0, 0.1) is 11.3 Å². The molecule has 0 aromatic carbocycles. The molecule has 3 rings (SSSR count). The minimum Gasteiger partial charge on any atom is -0.475 e. The summed E-state index contributed by atoms with van der Waals surface area (Å²) in [6, 6.07) is 1.87. The zero-order chi connectivity index (χ0) is 22.4. The average Bonchev–Trinajstić information content (AvgIpc) is 2.71. The second-order valence-corrected chi connectivity index (χ2v) is 8.27. The Labute approximate surface area is 174 Å². The fraction of sp³-hybridized carbons (Fsp3) is 0.700. The molecule has 2 aliphatic rings. The summed E-state index contributed by atoms with van der Waals surface area (Å²) in [5.74, 6) is -1.02. The van der Waals surface area contributed by atoms with Crippen molar-refractivity contribution in [1.29, 1.82) is 0 Å². The Bertz CT molecular complexity index is 695. The first-order chi connectivity index (χ1) is 14.0. The number of halogens is 3. The topological polar surface area (TPSA) is 86.6 Å². The van der Waals surface area contributed by atoms with Crippen LogP contribution in [0.15, 0.2) is 18.5 Å². The highest BCUT2D eigenvalue weighted by molar-refractivity contribution is 5.75. The first kappa shape index (κ1) is 23.9. The van der Waals surface area contributed by atoms with Crippen molar-refractivity contribution in [1.82, 2.24) is 14.9 Å². The van der Waals surface area contributed by atoms with Crippen LogP contribution >= 0.6 is 0 Å². The van der Waals surface area contributed by atoms with Crippen molar-refractivity contribution >= 4 is 17.8 Å². The molecule has 1 aliphatic carbocycles. The van der Waals surface area contributed by atoms with Gasteiger partial charge in [0.15, 0.2) is 0 Å². The van der Waals surface area contributed by atoms with E-state index in [2.05, 4.69) is 14.9 Å². The van der Waals surface area contributed by atoms with Crippen molar-refractivity contribution in [3.8, 4) is 0 Å². The summed E-state index contributed by atoms with van der Waals surface area (Å²) in [5, 5.41) is 7.12. The molecule has 168 valence electrons. The van der Waals surface area contributed by atoms with Gasteiger partial charge < -0.3 is 14.9 Å². The number of amides is 1.